The molecule has 4 N–H and O–H groups in total. The highest BCUT2D eigenvalue weighted by atomic mass is 14.8. The summed E-state index contributed by atoms with van der Waals surface area (Å²) < 4.78 is 0. The third-order valence-electron chi connectivity index (χ3n) is 4.84. The fraction of sp³-hybridized carbons (Fsp3) is 0.600. The summed E-state index contributed by atoms with van der Waals surface area (Å²) in [6.07, 6.45) is 5.93. The molecule has 2 nitrogen and oxygen atoms in total. The lowest BCUT2D eigenvalue weighted by Crippen LogP contribution is -2.53. The number of hydrogen-bond acceptors (Lipinski definition) is 2. The summed E-state index contributed by atoms with van der Waals surface area (Å²) in [4.78, 5) is 0. The Bertz CT molecular complexity index is 415. The lowest BCUT2D eigenvalue weighted by molar-refractivity contribution is 0.146. The highest BCUT2D eigenvalue weighted by molar-refractivity contribution is 5.31. The molecule has 0 saturated heterocycles. The molecule has 0 radical (unpaired) electrons. The van der Waals surface area contributed by atoms with E-state index in [1.54, 1.807) is 5.56 Å². The standard InChI is InChI=1S/C15H22N2/c16-10-15(17)6-5-13-7-11-3-1-2-4-12(11)8-14(13)9-15/h1-4,13-14H,5-10,16-17H2/t13-,14-,15-/m0/s1. The normalized spacial score (nSPS) is 36.1. The van der Waals surface area contributed by atoms with Crippen molar-refractivity contribution in [3.63, 3.8) is 0 Å². The van der Waals surface area contributed by atoms with E-state index in [4.69, 9.17) is 11.5 Å². The van der Waals surface area contributed by atoms with Crippen molar-refractivity contribution in [2.45, 2.75) is 37.6 Å². The number of fused-ring (bicyclic) bond motifs is 2. The first-order valence-corrected chi connectivity index (χ1v) is 6.76. The second-order valence-corrected chi connectivity index (χ2v) is 6.01. The number of hydrogen-bond donors (Lipinski definition) is 2. The van der Waals surface area contributed by atoms with Crippen LogP contribution in [-0.4, -0.2) is 12.1 Å². The van der Waals surface area contributed by atoms with Crippen LogP contribution in [0.3, 0.4) is 0 Å². The van der Waals surface area contributed by atoms with E-state index in [2.05, 4.69) is 24.3 Å². The van der Waals surface area contributed by atoms with Gasteiger partial charge in [-0.25, -0.2) is 0 Å². The van der Waals surface area contributed by atoms with E-state index in [0.29, 0.717) is 6.54 Å². The minimum Gasteiger partial charge on any atom is -0.329 e. The van der Waals surface area contributed by atoms with E-state index in [1.807, 2.05) is 0 Å². The zero-order valence-corrected chi connectivity index (χ0v) is 10.4. The molecule has 2 aliphatic carbocycles. The SMILES string of the molecule is NC[C@]1(N)CC[C@H]2Cc3ccccc3C[C@H]2C1. The summed E-state index contributed by atoms with van der Waals surface area (Å²) in [5.41, 5.74) is 15.2. The van der Waals surface area contributed by atoms with Crippen LogP contribution in [0.5, 0.6) is 0 Å². The van der Waals surface area contributed by atoms with Crippen LogP contribution in [0, 0.1) is 11.8 Å². The van der Waals surface area contributed by atoms with Crippen LogP contribution in [-0.2, 0) is 12.8 Å². The maximum atomic E-state index is 6.36. The monoisotopic (exact) mass is 230 g/mol. The predicted molar refractivity (Wildman–Crippen MR) is 70.7 cm³/mol. The molecule has 1 aromatic rings. The Kier molecular flexibility index (Phi) is 2.72. The lowest BCUT2D eigenvalue weighted by Gasteiger charge is -2.44. The molecule has 0 bridgehead atoms. The fourth-order valence-corrected chi connectivity index (χ4v) is 3.71. The fourth-order valence-electron chi connectivity index (χ4n) is 3.71. The van der Waals surface area contributed by atoms with Crippen molar-refractivity contribution in [1.29, 1.82) is 0 Å². The maximum absolute atomic E-state index is 6.36. The average molecular weight is 230 g/mol. The quantitative estimate of drug-likeness (QED) is 0.773. The smallest absolute Gasteiger partial charge is 0.0281 e. The van der Waals surface area contributed by atoms with E-state index in [-0.39, 0.29) is 5.54 Å². The Morgan fingerprint density at radius 2 is 1.76 bits per heavy atom. The van der Waals surface area contributed by atoms with Gasteiger partial charge in [-0.05, 0) is 55.1 Å². The summed E-state index contributed by atoms with van der Waals surface area (Å²) in [6.45, 7) is 0.637. The van der Waals surface area contributed by atoms with Gasteiger partial charge in [-0.3, -0.25) is 0 Å². The molecule has 3 rings (SSSR count). The molecule has 0 aliphatic heterocycles. The lowest BCUT2D eigenvalue weighted by atomic mass is 9.64. The van der Waals surface area contributed by atoms with Crippen molar-refractivity contribution in [1.82, 2.24) is 0 Å². The maximum Gasteiger partial charge on any atom is 0.0281 e. The molecule has 0 unspecified atom stereocenters. The van der Waals surface area contributed by atoms with Crippen LogP contribution >= 0.6 is 0 Å². The van der Waals surface area contributed by atoms with Crippen LogP contribution in [0.1, 0.15) is 30.4 Å². The Balaban J connectivity index is 1.83. The zero-order valence-electron chi connectivity index (χ0n) is 10.4. The van der Waals surface area contributed by atoms with Gasteiger partial charge in [-0.2, -0.15) is 0 Å². The van der Waals surface area contributed by atoms with Gasteiger partial charge < -0.3 is 11.5 Å². The van der Waals surface area contributed by atoms with Crippen molar-refractivity contribution in [3.05, 3.63) is 35.4 Å². The average Bonchev–Trinajstić information content (AvgIpc) is 2.36. The molecule has 1 fully saturated rings. The molecule has 0 amide bonds. The zero-order chi connectivity index (χ0) is 11.9. The summed E-state index contributed by atoms with van der Waals surface area (Å²) >= 11 is 0. The van der Waals surface area contributed by atoms with Crippen LogP contribution in [0.2, 0.25) is 0 Å². The molecule has 2 aliphatic rings. The third kappa shape index (κ3) is 2.00. The first-order chi connectivity index (χ1) is 8.20. The Morgan fingerprint density at radius 1 is 1.12 bits per heavy atom. The molecule has 17 heavy (non-hydrogen) atoms. The highest BCUT2D eigenvalue weighted by Gasteiger charge is 2.39. The molecular formula is C15H22N2. The minimum absolute atomic E-state index is 0.0898. The number of rotatable bonds is 1. The van der Waals surface area contributed by atoms with Gasteiger partial charge in [-0.1, -0.05) is 24.3 Å². The Morgan fingerprint density at radius 3 is 2.41 bits per heavy atom. The molecule has 0 heterocycles. The summed E-state index contributed by atoms with van der Waals surface area (Å²) in [7, 11) is 0. The van der Waals surface area contributed by atoms with Crippen molar-refractivity contribution >= 4 is 0 Å². The summed E-state index contributed by atoms with van der Waals surface area (Å²) in [6, 6.07) is 8.88. The molecule has 1 aromatic carbocycles. The first kappa shape index (κ1) is 11.2. The largest absolute Gasteiger partial charge is 0.329 e. The Hall–Kier alpha value is -0.860. The second-order valence-electron chi connectivity index (χ2n) is 6.01. The molecule has 3 atom stereocenters. The molecule has 2 heteroatoms. The number of nitrogens with two attached hydrogens (primary N) is 2. The van der Waals surface area contributed by atoms with E-state index in [1.165, 1.54) is 24.8 Å². The van der Waals surface area contributed by atoms with E-state index < -0.39 is 0 Å². The van der Waals surface area contributed by atoms with Gasteiger partial charge >= 0.3 is 0 Å². The second kappa shape index (κ2) is 4.11. The van der Waals surface area contributed by atoms with Gasteiger partial charge in [0, 0.05) is 12.1 Å². The van der Waals surface area contributed by atoms with Crippen molar-refractivity contribution in [3.8, 4) is 0 Å². The highest BCUT2D eigenvalue weighted by Crippen LogP contribution is 2.42. The van der Waals surface area contributed by atoms with E-state index in [0.717, 1.165) is 24.7 Å². The van der Waals surface area contributed by atoms with E-state index in [9.17, 15) is 0 Å². The summed E-state index contributed by atoms with van der Waals surface area (Å²) in [5.74, 6) is 1.60. The topological polar surface area (TPSA) is 52.0 Å². The van der Waals surface area contributed by atoms with Gasteiger partial charge in [0.05, 0.1) is 0 Å². The molecule has 1 saturated carbocycles. The first-order valence-electron chi connectivity index (χ1n) is 6.76. The number of benzene rings is 1. The molecular weight excluding hydrogens is 208 g/mol. The van der Waals surface area contributed by atoms with Crippen molar-refractivity contribution in [2.75, 3.05) is 6.54 Å². The van der Waals surface area contributed by atoms with Crippen molar-refractivity contribution in [2.24, 2.45) is 23.3 Å². The van der Waals surface area contributed by atoms with Gasteiger partial charge in [0.1, 0.15) is 0 Å². The van der Waals surface area contributed by atoms with Gasteiger partial charge in [0.25, 0.3) is 0 Å². The van der Waals surface area contributed by atoms with Gasteiger partial charge in [-0.15, -0.1) is 0 Å². The van der Waals surface area contributed by atoms with Gasteiger partial charge in [0.2, 0.25) is 0 Å². The van der Waals surface area contributed by atoms with Crippen LogP contribution in [0.25, 0.3) is 0 Å². The molecule has 0 spiro atoms. The van der Waals surface area contributed by atoms with Crippen LogP contribution in [0.15, 0.2) is 24.3 Å². The van der Waals surface area contributed by atoms with Crippen LogP contribution < -0.4 is 11.5 Å². The van der Waals surface area contributed by atoms with E-state index >= 15 is 0 Å². The van der Waals surface area contributed by atoms with Crippen molar-refractivity contribution < 1.29 is 0 Å². The van der Waals surface area contributed by atoms with Gasteiger partial charge in [0.15, 0.2) is 0 Å². The molecule has 0 aromatic heterocycles. The molecule has 92 valence electrons. The van der Waals surface area contributed by atoms with Crippen LogP contribution in [0.4, 0.5) is 0 Å². The predicted octanol–water partition coefficient (Wildman–Crippen LogP) is 1.86. The minimum atomic E-state index is -0.0898. The third-order valence-corrected chi connectivity index (χ3v) is 4.84. The summed E-state index contributed by atoms with van der Waals surface area (Å²) in [5, 5.41) is 0. The Labute approximate surface area is 103 Å².